The highest BCUT2D eigenvalue weighted by atomic mass is 16.5. The van der Waals surface area contributed by atoms with Gasteiger partial charge in [0.15, 0.2) is 0 Å². The van der Waals surface area contributed by atoms with Gasteiger partial charge in [-0.2, -0.15) is 0 Å². The van der Waals surface area contributed by atoms with E-state index >= 15 is 0 Å². The average Bonchev–Trinajstić information content (AvgIpc) is 2.72. The Hall–Kier alpha value is -3.74. The van der Waals surface area contributed by atoms with Crippen molar-refractivity contribution in [1.29, 1.82) is 0 Å². The van der Waals surface area contributed by atoms with Crippen LogP contribution >= 0.6 is 0 Å². The van der Waals surface area contributed by atoms with Crippen molar-refractivity contribution in [3.05, 3.63) is 83.2 Å². The van der Waals surface area contributed by atoms with Crippen molar-refractivity contribution < 1.29 is 14.3 Å². The van der Waals surface area contributed by atoms with Gasteiger partial charge in [0.1, 0.15) is 5.69 Å². The monoisotopic (exact) mass is 376 g/mol. The SMILES string of the molecule is COC(=O)c1ccccc1Nc1nccc(C(=O)NCc2cccc(C)c2)n1. The predicted octanol–water partition coefficient (Wildman–Crippen LogP) is 3.25. The molecule has 0 spiro atoms. The van der Waals surface area contributed by atoms with Crippen LogP contribution in [-0.2, 0) is 11.3 Å². The van der Waals surface area contributed by atoms with Crippen molar-refractivity contribution in [3.63, 3.8) is 0 Å². The van der Waals surface area contributed by atoms with E-state index < -0.39 is 5.97 Å². The van der Waals surface area contributed by atoms with Crippen molar-refractivity contribution >= 4 is 23.5 Å². The minimum Gasteiger partial charge on any atom is -0.465 e. The number of carbonyl (C=O) groups excluding carboxylic acids is 2. The molecule has 3 aromatic rings. The number of para-hydroxylation sites is 1. The lowest BCUT2D eigenvalue weighted by atomic mass is 10.1. The molecule has 0 bridgehead atoms. The second-order valence-electron chi connectivity index (χ2n) is 6.10. The molecular formula is C21H20N4O3. The van der Waals surface area contributed by atoms with E-state index in [4.69, 9.17) is 4.74 Å². The molecule has 28 heavy (non-hydrogen) atoms. The Balaban J connectivity index is 1.72. The van der Waals surface area contributed by atoms with Gasteiger partial charge in [0, 0.05) is 12.7 Å². The summed E-state index contributed by atoms with van der Waals surface area (Å²) in [5, 5.41) is 5.80. The van der Waals surface area contributed by atoms with Gasteiger partial charge in [-0.1, -0.05) is 42.0 Å². The Morgan fingerprint density at radius 1 is 1.07 bits per heavy atom. The number of ether oxygens (including phenoxy) is 1. The second kappa shape index (κ2) is 8.77. The largest absolute Gasteiger partial charge is 0.465 e. The number of rotatable bonds is 6. The number of esters is 1. The van der Waals surface area contributed by atoms with E-state index in [9.17, 15) is 9.59 Å². The zero-order valence-electron chi connectivity index (χ0n) is 15.6. The molecule has 7 nitrogen and oxygen atoms in total. The number of amides is 1. The van der Waals surface area contributed by atoms with Crippen LogP contribution in [0.25, 0.3) is 0 Å². The fourth-order valence-corrected chi connectivity index (χ4v) is 2.64. The van der Waals surface area contributed by atoms with Crippen molar-refractivity contribution in [2.24, 2.45) is 0 Å². The van der Waals surface area contributed by atoms with Crippen molar-refractivity contribution in [2.45, 2.75) is 13.5 Å². The first kappa shape index (κ1) is 19.0. The summed E-state index contributed by atoms with van der Waals surface area (Å²) >= 11 is 0. The third-order valence-corrected chi connectivity index (χ3v) is 4.00. The lowest BCUT2D eigenvalue weighted by Crippen LogP contribution is -2.24. The molecule has 0 unspecified atom stereocenters. The Morgan fingerprint density at radius 2 is 1.89 bits per heavy atom. The first-order valence-electron chi connectivity index (χ1n) is 8.68. The normalized spacial score (nSPS) is 10.2. The molecule has 0 saturated heterocycles. The maximum Gasteiger partial charge on any atom is 0.339 e. The molecule has 0 saturated carbocycles. The van der Waals surface area contributed by atoms with Crippen LogP contribution in [0.1, 0.15) is 32.0 Å². The van der Waals surface area contributed by atoms with E-state index in [-0.39, 0.29) is 17.5 Å². The van der Waals surface area contributed by atoms with E-state index in [1.807, 2.05) is 31.2 Å². The van der Waals surface area contributed by atoms with E-state index in [1.54, 1.807) is 24.3 Å². The molecule has 0 fully saturated rings. The zero-order chi connectivity index (χ0) is 19.9. The predicted molar refractivity (Wildman–Crippen MR) is 105 cm³/mol. The van der Waals surface area contributed by atoms with Crippen molar-refractivity contribution in [3.8, 4) is 0 Å². The number of benzene rings is 2. The van der Waals surface area contributed by atoms with Crippen LogP contribution in [0.2, 0.25) is 0 Å². The lowest BCUT2D eigenvalue weighted by Gasteiger charge is -2.10. The molecule has 0 aliphatic rings. The van der Waals surface area contributed by atoms with Gasteiger partial charge < -0.3 is 15.4 Å². The summed E-state index contributed by atoms with van der Waals surface area (Å²) in [5.74, 6) is -0.581. The molecule has 0 atom stereocenters. The quantitative estimate of drug-likeness (QED) is 0.642. The van der Waals surface area contributed by atoms with Gasteiger partial charge in [-0.25, -0.2) is 14.8 Å². The molecule has 0 aliphatic heterocycles. The highest BCUT2D eigenvalue weighted by Crippen LogP contribution is 2.19. The maximum atomic E-state index is 12.4. The van der Waals surface area contributed by atoms with Crippen LogP contribution in [0.5, 0.6) is 0 Å². The third-order valence-electron chi connectivity index (χ3n) is 4.00. The Bertz CT molecular complexity index is 1000. The molecule has 0 radical (unpaired) electrons. The Morgan fingerprint density at radius 3 is 2.68 bits per heavy atom. The van der Waals surface area contributed by atoms with Gasteiger partial charge in [0.25, 0.3) is 5.91 Å². The van der Waals surface area contributed by atoms with E-state index in [0.29, 0.717) is 17.8 Å². The van der Waals surface area contributed by atoms with Crippen LogP contribution in [0.15, 0.2) is 60.8 Å². The molecular weight excluding hydrogens is 356 g/mol. The number of nitrogens with zero attached hydrogens (tertiary/aromatic N) is 2. The lowest BCUT2D eigenvalue weighted by molar-refractivity contribution is 0.0601. The molecule has 1 amide bonds. The van der Waals surface area contributed by atoms with Gasteiger partial charge in [0.05, 0.1) is 18.4 Å². The average molecular weight is 376 g/mol. The number of nitrogens with one attached hydrogen (secondary N) is 2. The fraction of sp³-hybridized carbons (Fsp3) is 0.143. The minimum absolute atomic E-state index is 0.208. The molecule has 1 aromatic heterocycles. The van der Waals surface area contributed by atoms with Crippen LogP contribution < -0.4 is 10.6 Å². The molecule has 7 heteroatoms. The first-order valence-corrected chi connectivity index (χ1v) is 8.68. The zero-order valence-corrected chi connectivity index (χ0v) is 15.6. The summed E-state index contributed by atoms with van der Waals surface area (Å²) in [6.45, 7) is 2.40. The smallest absolute Gasteiger partial charge is 0.339 e. The van der Waals surface area contributed by atoms with Gasteiger partial charge in [-0.05, 0) is 30.7 Å². The minimum atomic E-state index is -0.477. The second-order valence-corrected chi connectivity index (χ2v) is 6.10. The molecule has 0 aliphatic carbocycles. The van der Waals surface area contributed by atoms with Crippen molar-refractivity contribution in [1.82, 2.24) is 15.3 Å². The highest BCUT2D eigenvalue weighted by Gasteiger charge is 2.13. The number of hydrogen-bond donors (Lipinski definition) is 2. The number of methoxy groups -OCH3 is 1. The van der Waals surface area contributed by atoms with E-state index in [0.717, 1.165) is 11.1 Å². The van der Waals surface area contributed by atoms with Crippen LogP contribution in [0.4, 0.5) is 11.6 Å². The van der Waals surface area contributed by atoms with Crippen LogP contribution in [0, 0.1) is 6.92 Å². The number of aryl methyl sites for hydroxylation is 1. The van der Waals surface area contributed by atoms with Gasteiger partial charge >= 0.3 is 5.97 Å². The van der Waals surface area contributed by atoms with Gasteiger partial charge in [0.2, 0.25) is 5.95 Å². The van der Waals surface area contributed by atoms with E-state index in [1.165, 1.54) is 19.4 Å². The standard InChI is InChI=1S/C21H20N4O3/c1-14-6-5-7-15(12-14)13-23-19(26)18-10-11-22-21(25-18)24-17-9-4-3-8-16(17)20(27)28-2/h3-12H,13H2,1-2H3,(H,23,26)(H,22,24,25). The Kier molecular flexibility index (Phi) is 5.96. The van der Waals surface area contributed by atoms with E-state index in [2.05, 4.69) is 20.6 Å². The first-order chi connectivity index (χ1) is 13.6. The summed E-state index contributed by atoms with van der Waals surface area (Å²) in [6.07, 6.45) is 1.48. The molecule has 142 valence electrons. The maximum absolute atomic E-state index is 12.4. The fourth-order valence-electron chi connectivity index (χ4n) is 2.64. The van der Waals surface area contributed by atoms with Crippen LogP contribution in [0.3, 0.4) is 0 Å². The number of carbonyl (C=O) groups is 2. The summed E-state index contributed by atoms with van der Waals surface area (Å²) in [5.41, 5.74) is 3.20. The summed E-state index contributed by atoms with van der Waals surface area (Å²) in [6, 6.07) is 16.3. The number of hydrogen-bond acceptors (Lipinski definition) is 6. The Labute approximate surface area is 162 Å². The topological polar surface area (TPSA) is 93.2 Å². The number of aromatic nitrogens is 2. The molecule has 2 aromatic carbocycles. The molecule has 3 rings (SSSR count). The van der Waals surface area contributed by atoms with Gasteiger partial charge in [-0.15, -0.1) is 0 Å². The summed E-state index contributed by atoms with van der Waals surface area (Å²) in [4.78, 5) is 32.7. The van der Waals surface area contributed by atoms with Crippen molar-refractivity contribution in [2.75, 3.05) is 12.4 Å². The molecule has 1 heterocycles. The summed E-state index contributed by atoms with van der Waals surface area (Å²) in [7, 11) is 1.31. The van der Waals surface area contributed by atoms with Crippen LogP contribution in [-0.4, -0.2) is 29.0 Å². The summed E-state index contributed by atoms with van der Waals surface area (Å²) < 4.78 is 4.78. The third kappa shape index (κ3) is 4.70. The van der Waals surface area contributed by atoms with Gasteiger partial charge in [-0.3, -0.25) is 4.79 Å². The number of anilines is 2. The highest BCUT2D eigenvalue weighted by molar-refractivity contribution is 5.96. The molecule has 2 N–H and O–H groups in total.